The molecule has 0 aliphatic heterocycles. The van der Waals surface area contributed by atoms with Gasteiger partial charge in [0, 0.05) is 29.9 Å². The molecule has 3 heteroatoms. The monoisotopic (exact) mass is 424 g/mol. The molecule has 0 bridgehead atoms. The van der Waals surface area contributed by atoms with Gasteiger partial charge in [-0.25, -0.2) is 14.4 Å². The van der Waals surface area contributed by atoms with Crippen LogP contribution in [0.3, 0.4) is 0 Å². The first-order valence-electron chi connectivity index (χ1n) is 12.8. The van der Waals surface area contributed by atoms with Crippen LogP contribution in [-0.2, 0) is 12.8 Å². The number of benzene rings is 1. The molecule has 1 saturated carbocycles. The van der Waals surface area contributed by atoms with E-state index in [-0.39, 0.29) is 5.82 Å². The number of aryl methyl sites for hydroxylation is 2. The van der Waals surface area contributed by atoms with Crippen molar-refractivity contribution < 1.29 is 4.39 Å². The summed E-state index contributed by atoms with van der Waals surface area (Å²) in [7, 11) is 0. The third kappa shape index (κ3) is 7.70. The molecule has 170 valence electrons. The van der Waals surface area contributed by atoms with E-state index in [1.165, 1.54) is 70.6 Å². The van der Waals surface area contributed by atoms with Gasteiger partial charge >= 0.3 is 0 Å². The van der Waals surface area contributed by atoms with Crippen LogP contribution in [0.1, 0.15) is 102 Å². The molecule has 0 amide bonds. The highest BCUT2D eigenvalue weighted by Crippen LogP contribution is 2.34. The maximum absolute atomic E-state index is 14.6. The van der Waals surface area contributed by atoms with Crippen LogP contribution < -0.4 is 0 Å². The molecule has 1 heterocycles. The first-order valence-corrected chi connectivity index (χ1v) is 12.8. The number of halogens is 1. The second-order valence-electron chi connectivity index (χ2n) is 9.58. The molecule has 2 nitrogen and oxygen atoms in total. The normalized spacial score (nSPS) is 18.9. The molecule has 1 aromatic heterocycles. The lowest BCUT2D eigenvalue weighted by atomic mass is 9.78. The molecule has 1 aliphatic rings. The summed E-state index contributed by atoms with van der Waals surface area (Å²) in [6.07, 6.45) is 21.2. The van der Waals surface area contributed by atoms with Gasteiger partial charge in [-0.15, -0.1) is 0 Å². The SMILES string of the molecule is CCCCCc1ccc(-c2cnc(CC[C@H]3CC[C@H](CCCCC)CC3)nc2)c(F)c1. The van der Waals surface area contributed by atoms with Crippen molar-refractivity contribution >= 4 is 0 Å². The van der Waals surface area contributed by atoms with Crippen molar-refractivity contribution in [1.82, 2.24) is 9.97 Å². The Balaban J connectivity index is 1.45. The van der Waals surface area contributed by atoms with Crippen molar-refractivity contribution in [2.24, 2.45) is 11.8 Å². The van der Waals surface area contributed by atoms with E-state index < -0.39 is 0 Å². The fraction of sp³-hybridized carbons (Fsp3) is 0.643. The minimum absolute atomic E-state index is 0.166. The van der Waals surface area contributed by atoms with Gasteiger partial charge in [-0.1, -0.05) is 90.2 Å². The Labute approximate surface area is 189 Å². The minimum atomic E-state index is -0.166. The van der Waals surface area contributed by atoms with Crippen LogP contribution in [0.5, 0.6) is 0 Å². The van der Waals surface area contributed by atoms with E-state index in [1.807, 2.05) is 12.1 Å². The first kappa shape index (κ1) is 23.9. The summed E-state index contributed by atoms with van der Waals surface area (Å²) in [6, 6.07) is 5.60. The molecule has 0 N–H and O–H groups in total. The molecule has 2 aromatic rings. The molecule has 0 radical (unpaired) electrons. The third-order valence-electron chi connectivity index (χ3n) is 7.08. The number of hydrogen-bond acceptors (Lipinski definition) is 2. The summed E-state index contributed by atoms with van der Waals surface area (Å²) in [4.78, 5) is 9.10. The zero-order valence-corrected chi connectivity index (χ0v) is 19.7. The zero-order valence-electron chi connectivity index (χ0n) is 19.7. The highest BCUT2D eigenvalue weighted by Gasteiger charge is 2.21. The van der Waals surface area contributed by atoms with Gasteiger partial charge in [0.1, 0.15) is 11.6 Å². The highest BCUT2D eigenvalue weighted by molar-refractivity contribution is 5.62. The predicted octanol–water partition coefficient (Wildman–Crippen LogP) is 8.33. The Hall–Kier alpha value is -1.77. The number of unbranched alkanes of at least 4 members (excludes halogenated alkanes) is 4. The standard InChI is InChI=1S/C28H41FN2/c1-3-5-7-9-22-11-13-23(14-12-22)16-18-28-30-20-25(21-31-28)26-17-15-24(19-27(26)29)10-8-6-4-2/h15,17,19-23H,3-14,16,18H2,1-2H3/t22-,23-. The van der Waals surface area contributed by atoms with Crippen LogP contribution in [0.25, 0.3) is 11.1 Å². The highest BCUT2D eigenvalue weighted by atomic mass is 19.1. The number of rotatable bonds is 12. The van der Waals surface area contributed by atoms with Gasteiger partial charge in [0.15, 0.2) is 0 Å². The van der Waals surface area contributed by atoms with Crippen molar-refractivity contribution in [2.45, 2.75) is 104 Å². The van der Waals surface area contributed by atoms with Crippen LogP contribution in [0.2, 0.25) is 0 Å². The Morgan fingerprint density at radius 3 is 2.10 bits per heavy atom. The zero-order chi connectivity index (χ0) is 21.9. The third-order valence-corrected chi connectivity index (χ3v) is 7.08. The number of hydrogen-bond donors (Lipinski definition) is 0. The molecule has 0 spiro atoms. The van der Waals surface area contributed by atoms with Crippen LogP contribution in [-0.4, -0.2) is 9.97 Å². The second kappa shape index (κ2) is 12.9. The molecular formula is C28H41FN2. The summed E-state index contributed by atoms with van der Waals surface area (Å²) in [5.74, 6) is 2.51. The largest absolute Gasteiger partial charge is 0.241 e. The molecule has 0 saturated heterocycles. The van der Waals surface area contributed by atoms with Gasteiger partial charge in [0.25, 0.3) is 0 Å². The lowest BCUT2D eigenvalue weighted by molar-refractivity contribution is 0.248. The topological polar surface area (TPSA) is 25.8 Å². The Bertz CT molecular complexity index is 763. The van der Waals surface area contributed by atoms with Crippen LogP contribution in [0.15, 0.2) is 30.6 Å². The molecular weight excluding hydrogens is 383 g/mol. The Kier molecular flexibility index (Phi) is 9.96. The van der Waals surface area contributed by atoms with Crippen molar-refractivity contribution in [2.75, 3.05) is 0 Å². The second-order valence-corrected chi connectivity index (χ2v) is 9.58. The average Bonchev–Trinajstić information content (AvgIpc) is 2.79. The lowest BCUT2D eigenvalue weighted by Crippen LogP contribution is -2.15. The smallest absolute Gasteiger partial charge is 0.131 e. The van der Waals surface area contributed by atoms with Gasteiger partial charge in [0.2, 0.25) is 0 Å². The van der Waals surface area contributed by atoms with Crippen LogP contribution >= 0.6 is 0 Å². The van der Waals surface area contributed by atoms with Gasteiger partial charge in [-0.3, -0.25) is 0 Å². The molecule has 0 atom stereocenters. The molecule has 1 aliphatic carbocycles. The van der Waals surface area contributed by atoms with Gasteiger partial charge in [-0.2, -0.15) is 0 Å². The van der Waals surface area contributed by atoms with E-state index in [0.717, 1.165) is 48.0 Å². The summed E-state index contributed by atoms with van der Waals surface area (Å²) in [5.41, 5.74) is 2.45. The first-order chi connectivity index (χ1) is 15.2. The molecule has 3 rings (SSSR count). The van der Waals surface area contributed by atoms with E-state index >= 15 is 0 Å². The van der Waals surface area contributed by atoms with Gasteiger partial charge in [-0.05, 0) is 42.7 Å². The maximum Gasteiger partial charge on any atom is 0.131 e. The fourth-order valence-corrected chi connectivity index (χ4v) is 4.98. The summed E-state index contributed by atoms with van der Waals surface area (Å²) >= 11 is 0. The summed E-state index contributed by atoms with van der Waals surface area (Å²) < 4.78 is 14.6. The predicted molar refractivity (Wildman–Crippen MR) is 129 cm³/mol. The van der Waals surface area contributed by atoms with Crippen LogP contribution in [0.4, 0.5) is 4.39 Å². The summed E-state index contributed by atoms with van der Waals surface area (Å²) in [6.45, 7) is 4.47. The Morgan fingerprint density at radius 2 is 1.45 bits per heavy atom. The Morgan fingerprint density at radius 1 is 0.806 bits per heavy atom. The van der Waals surface area contributed by atoms with E-state index in [0.29, 0.717) is 5.56 Å². The fourth-order valence-electron chi connectivity index (χ4n) is 4.98. The molecule has 0 unspecified atom stereocenters. The maximum atomic E-state index is 14.6. The van der Waals surface area contributed by atoms with Gasteiger partial charge in [0.05, 0.1) is 0 Å². The van der Waals surface area contributed by atoms with E-state index in [2.05, 4.69) is 23.8 Å². The van der Waals surface area contributed by atoms with Crippen molar-refractivity contribution in [3.05, 3.63) is 47.8 Å². The minimum Gasteiger partial charge on any atom is -0.241 e. The molecule has 1 aromatic carbocycles. The molecule has 1 fully saturated rings. The van der Waals surface area contributed by atoms with Gasteiger partial charge < -0.3 is 0 Å². The molecule has 31 heavy (non-hydrogen) atoms. The van der Waals surface area contributed by atoms with E-state index in [1.54, 1.807) is 18.5 Å². The van der Waals surface area contributed by atoms with Crippen molar-refractivity contribution in [3.63, 3.8) is 0 Å². The summed E-state index contributed by atoms with van der Waals surface area (Å²) in [5, 5.41) is 0. The van der Waals surface area contributed by atoms with Crippen LogP contribution in [0, 0.1) is 17.7 Å². The number of aromatic nitrogens is 2. The quantitative estimate of drug-likeness (QED) is 0.320. The van der Waals surface area contributed by atoms with Crippen molar-refractivity contribution in [1.29, 1.82) is 0 Å². The number of nitrogens with zero attached hydrogens (tertiary/aromatic N) is 2. The van der Waals surface area contributed by atoms with Crippen molar-refractivity contribution in [3.8, 4) is 11.1 Å². The van der Waals surface area contributed by atoms with E-state index in [9.17, 15) is 4.39 Å². The lowest BCUT2D eigenvalue weighted by Gasteiger charge is -2.28. The van der Waals surface area contributed by atoms with E-state index in [4.69, 9.17) is 0 Å². The average molecular weight is 425 g/mol.